The van der Waals surface area contributed by atoms with Gasteiger partial charge in [-0.05, 0) is 13.0 Å². The minimum Gasteiger partial charge on any atom is -0.313 e. The Labute approximate surface area is 115 Å². The molecular formula is C15H14FN3O. The number of nitrogens with zero attached hydrogens (tertiary/aromatic N) is 3. The van der Waals surface area contributed by atoms with Gasteiger partial charge in [0.15, 0.2) is 5.78 Å². The van der Waals surface area contributed by atoms with E-state index in [2.05, 4.69) is 5.10 Å². The third-order valence-corrected chi connectivity index (χ3v) is 3.30. The molecule has 0 N–H and O–H groups in total. The Kier molecular flexibility index (Phi) is 3.10. The average Bonchev–Trinajstić information content (AvgIpc) is 3.03. The van der Waals surface area contributed by atoms with Crippen molar-refractivity contribution in [1.82, 2.24) is 14.3 Å². The van der Waals surface area contributed by atoms with Crippen LogP contribution < -0.4 is 0 Å². The number of halogens is 1. The molecule has 0 amide bonds. The number of benzene rings is 1. The summed E-state index contributed by atoms with van der Waals surface area (Å²) in [5.41, 5.74) is 2.44. The standard InChI is InChI=1S/C15H14FN3O/c1-11(20)14-10-19(15-5-3-2-4-13(14)15)12-8-17-18(9-12)7-6-16/h2-5,8-10H,6-7H2,1H3. The molecule has 0 saturated heterocycles. The molecule has 0 saturated carbocycles. The maximum Gasteiger partial charge on any atom is 0.161 e. The first-order valence-electron chi connectivity index (χ1n) is 6.40. The van der Waals surface area contributed by atoms with Gasteiger partial charge in [-0.25, -0.2) is 4.39 Å². The molecule has 102 valence electrons. The van der Waals surface area contributed by atoms with Gasteiger partial charge in [0.2, 0.25) is 0 Å². The van der Waals surface area contributed by atoms with Crippen LogP contribution in [0.15, 0.2) is 42.9 Å². The predicted octanol–water partition coefficient (Wildman–Crippen LogP) is 3.00. The fourth-order valence-corrected chi connectivity index (χ4v) is 2.36. The van der Waals surface area contributed by atoms with Crippen LogP contribution in [-0.2, 0) is 6.54 Å². The number of aromatic nitrogens is 3. The van der Waals surface area contributed by atoms with E-state index in [1.54, 1.807) is 24.0 Å². The second-order valence-corrected chi connectivity index (χ2v) is 4.64. The number of hydrogen-bond acceptors (Lipinski definition) is 2. The molecule has 0 aliphatic heterocycles. The van der Waals surface area contributed by atoms with Crippen molar-refractivity contribution in [3.8, 4) is 5.69 Å². The van der Waals surface area contributed by atoms with Gasteiger partial charge in [0.1, 0.15) is 6.67 Å². The molecule has 5 heteroatoms. The van der Waals surface area contributed by atoms with Gasteiger partial charge in [0.05, 0.1) is 23.9 Å². The fourth-order valence-electron chi connectivity index (χ4n) is 2.36. The second-order valence-electron chi connectivity index (χ2n) is 4.64. The SMILES string of the molecule is CC(=O)c1cn(-c2cnn(CCF)c2)c2ccccc12. The maximum absolute atomic E-state index is 12.3. The van der Waals surface area contributed by atoms with Gasteiger partial charge in [-0.2, -0.15) is 5.10 Å². The Bertz CT molecular complexity index is 772. The number of para-hydroxylation sites is 1. The van der Waals surface area contributed by atoms with Crippen molar-refractivity contribution in [3.63, 3.8) is 0 Å². The van der Waals surface area contributed by atoms with Crippen molar-refractivity contribution >= 4 is 16.7 Å². The van der Waals surface area contributed by atoms with E-state index in [4.69, 9.17) is 0 Å². The molecule has 0 bridgehead atoms. The lowest BCUT2D eigenvalue weighted by atomic mass is 10.1. The van der Waals surface area contributed by atoms with Crippen molar-refractivity contribution in [2.45, 2.75) is 13.5 Å². The minimum absolute atomic E-state index is 0.0242. The quantitative estimate of drug-likeness (QED) is 0.684. The van der Waals surface area contributed by atoms with E-state index in [0.29, 0.717) is 5.56 Å². The summed E-state index contributed by atoms with van der Waals surface area (Å²) in [6.07, 6.45) is 5.26. The van der Waals surface area contributed by atoms with E-state index in [1.165, 1.54) is 0 Å². The fraction of sp³-hybridized carbons (Fsp3) is 0.200. The molecule has 3 aromatic rings. The van der Waals surface area contributed by atoms with Crippen LogP contribution in [0.25, 0.3) is 16.6 Å². The average molecular weight is 271 g/mol. The molecule has 0 unspecified atom stereocenters. The highest BCUT2D eigenvalue weighted by Gasteiger charge is 2.13. The Morgan fingerprint density at radius 2 is 2.10 bits per heavy atom. The zero-order valence-corrected chi connectivity index (χ0v) is 11.1. The van der Waals surface area contributed by atoms with Crippen LogP contribution in [0.2, 0.25) is 0 Å². The van der Waals surface area contributed by atoms with Gasteiger partial charge in [-0.1, -0.05) is 18.2 Å². The van der Waals surface area contributed by atoms with Crippen LogP contribution in [0.5, 0.6) is 0 Å². The number of ketones is 1. The van der Waals surface area contributed by atoms with Crippen LogP contribution in [0.4, 0.5) is 4.39 Å². The lowest BCUT2D eigenvalue weighted by Crippen LogP contribution is -1.99. The minimum atomic E-state index is -0.452. The zero-order chi connectivity index (χ0) is 14.1. The van der Waals surface area contributed by atoms with Crippen LogP contribution >= 0.6 is 0 Å². The summed E-state index contributed by atoms with van der Waals surface area (Å²) in [5, 5.41) is 5.03. The van der Waals surface area contributed by atoms with Gasteiger partial charge in [-0.15, -0.1) is 0 Å². The number of Topliss-reactive ketones (excluding diaryl/α,β-unsaturated/α-hetero) is 1. The highest BCUT2D eigenvalue weighted by molar-refractivity contribution is 6.07. The smallest absolute Gasteiger partial charge is 0.161 e. The summed E-state index contributed by atoms with van der Waals surface area (Å²) >= 11 is 0. The molecular weight excluding hydrogens is 257 g/mol. The van der Waals surface area contributed by atoms with Gasteiger partial charge in [-0.3, -0.25) is 9.48 Å². The Morgan fingerprint density at radius 1 is 1.30 bits per heavy atom. The van der Waals surface area contributed by atoms with Gasteiger partial charge in [0, 0.05) is 23.3 Å². The number of hydrogen-bond donors (Lipinski definition) is 0. The molecule has 0 aliphatic carbocycles. The molecule has 2 heterocycles. The van der Waals surface area contributed by atoms with E-state index in [-0.39, 0.29) is 12.3 Å². The van der Waals surface area contributed by atoms with Crippen molar-refractivity contribution in [3.05, 3.63) is 48.4 Å². The molecule has 2 aromatic heterocycles. The normalized spacial score (nSPS) is 11.1. The van der Waals surface area contributed by atoms with Gasteiger partial charge >= 0.3 is 0 Å². The number of carbonyl (C=O) groups is 1. The maximum atomic E-state index is 12.3. The van der Waals surface area contributed by atoms with Gasteiger partial charge < -0.3 is 4.57 Å². The molecule has 0 atom stereocenters. The Hall–Kier alpha value is -2.43. The monoisotopic (exact) mass is 271 g/mol. The lowest BCUT2D eigenvalue weighted by Gasteiger charge is -2.00. The second kappa shape index (κ2) is 4.92. The van der Waals surface area contributed by atoms with Gasteiger partial charge in [0.25, 0.3) is 0 Å². The molecule has 0 radical (unpaired) electrons. The van der Waals surface area contributed by atoms with E-state index in [1.807, 2.05) is 35.0 Å². The molecule has 4 nitrogen and oxygen atoms in total. The number of rotatable bonds is 4. The summed E-state index contributed by atoms with van der Waals surface area (Å²) in [4.78, 5) is 11.7. The van der Waals surface area contributed by atoms with Crippen LogP contribution in [0, 0.1) is 0 Å². The van der Waals surface area contributed by atoms with E-state index >= 15 is 0 Å². The third kappa shape index (κ3) is 2.01. The van der Waals surface area contributed by atoms with E-state index in [9.17, 15) is 9.18 Å². The molecule has 20 heavy (non-hydrogen) atoms. The van der Waals surface area contributed by atoms with E-state index < -0.39 is 6.67 Å². The lowest BCUT2D eigenvalue weighted by molar-refractivity contribution is 0.101. The van der Waals surface area contributed by atoms with Crippen molar-refractivity contribution in [1.29, 1.82) is 0 Å². The molecule has 0 spiro atoms. The van der Waals surface area contributed by atoms with Crippen LogP contribution in [0.3, 0.4) is 0 Å². The Balaban J connectivity index is 2.17. The summed E-state index contributed by atoms with van der Waals surface area (Å²) in [7, 11) is 0. The first kappa shape index (κ1) is 12.6. The highest BCUT2D eigenvalue weighted by Crippen LogP contribution is 2.25. The third-order valence-electron chi connectivity index (χ3n) is 3.30. The van der Waals surface area contributed by atoms with Crippen LogP contribution in [0.1, 0.15) is 17.3 Å². The summed E-state index contributed by atoms with van der Waals surface area (Å²) in [5.74, 6) is 0.0242. The van der Waals surface area contributed by atoms with Crippen molar-refractivity contribution < 1.29 is 9.18 Å². The largest absolute Gasteiger partial charge is 0.313 e. The molecule has 1 aromatic carbocycles. The number of aryl methyl sites for hydroxylation is 1. The number of carbonyl (C=O) groups excluding carboxylic acids is 1. The Morgan fingerprint density at radius 3 is 2.85 bits per heavy atom. The van der Waals surface area contributed by atoms with E-state index in [0.717, 1.165) is 16.6 Å². The summed E-state index contributed by atoms with van der Waals surface area (Å²) < 4.78 is 15.8. The summed E-state index contributed by atoms with van der Waals surface area (Å²) in [6, 6.07) is 7.71. The van der Waals surface area contributed by atoms with Crippen molar-refractivity contribution in [2.75, 3.05) is 6.67 Å². The predicted molar refractivity (Wildman–Crippen MR) is 75.0 cm³/mol. The zero-order valence-electron chi connectivity index (χ0n) is 11.1. The molecule has 0 aliphatic rings. The first-order chi connectivity index (χ1) is 9.70. The number of fused-ring (bicyclic) bond motifs is 1. The number of alkyl halides is 1. The first-order valence-corrected chi connectivity index (χ1v) is 6.40. The molecule has 0 fully saturated rings. The highest BCUT2D eigenvalue weighted by atomic mass is 19.1. The van der Waals surface area contributed by atoms with Crippen molar-refractivity contribution in [2.24, 2.45) is 0 Å². The molecule has 3 rings (SSSR count). The topological polar surface area (TPSA) is 39.8 Å². The summed E-state index contributed by atoms with van der Waals surface area (Å²) in [6.45, 7) is 1.34. The van der Waals surface area contributed by atoms with Crippen LogP contribution in [-0.4, -0.2) is 26.8 Å².